The van der Waals surface area contributed by atoms with Gasteiger partial charge in [-0.25, -0.2) is 4.79 Å². The van der Waals surface area contributed by atoms with Crippen LogP contribution in [-0.4, -0.2) is 61.2 Å². The van der Waals surface area contributed by atoms with Crippen molar-refractivity contribution in [1.29, 1.82) is 0 Å². The predicted molar refractivity (Wildman–Crippen MR) is 131 cm³/mol. The zero-order valence-corrected chi connectivity index (χ0v) is 21.3. The Labute approximate surface area is 201 Å². The zero-order valence-electron chi connectivity index (χ0n) is 20.5. The van der Waals surface area contributed by atoms with Crippen molar-refractivity contribution in [2.75, 3.05) is 5.75 Å². The van der Waals surface area contributed by atoms with Gasteiger partial charge in [0, 0.05) is 18.6 Å². The standard InChI is InChI=1S/C25H41NO6S/c1-7-15(2)9-10-18-24(6)12-8-11-23(4,5)19(24)13-20(28)25(18,32)22(31)33-14-17(21(29)30)26-16(3)27/h7,9,17-20,22,28,31-32H,1,8,10-14H2,2-6H3,(H,26,27)(H,29,30)/b15-9+/t17-,18+,19-,20-,22-,24+,25+/m0/s1. The molecule has 0 saturated heterocycles. The summed E-state index contributed by atoms with van der Waals surface area (Å²) in [6.45, 7) is 13.5. The molecule has 2 fully saturated rings. The van der Waals surface area contributed by atoms with Crippen LogP contribution in [-0.2, 0) is 9.59 Å². The number of carbonyl (C=O) groups excluding carboxylic acids is 1. The molecule has 2 saturated carbocycles. The molecule has 0 heterocycles. The van der Waals surface area contributed by atoms with Crippen LogP contribution in [0.15, 0.2) is 24.3 Å². The van der Waals surface area contributed by atoms with Crippen molar-refractivity contribution in [2.45, 2.75) is 89.9 Å². The minimum absolute atomic E-state index is 0.0112. The van der Waals surface area contributed by atoms with Crippen LogP contribution in [0.4, 0.5) is 0 Å². The number of thioether (sulfide) groups is 1. The Morgan fingerprint density at radius 2 is 1.88 bits per heavy atom. The number of aliphatic hydroxyl groups excluding tert-OH is 2. The van der Waals surface area contributed by atoms with E-state index in [1.807, 2.05) is 13.0 Å². The molecule has 0 aliphatic heterocycles. The lowest BCUT2D eigenvalue weighted by Crippen LogP contribution is -2.68. The van der Waals surface area contributed by atoms with Gasteiger partial charge in [-0.15, -0.1) is 11.8 Å². The highest BCUT2D eigenvalue weighted by molar-refractivity contribution is 7.99. The summed E-state index contributed by atoms with van der Waals surface area (Å²) in [6, 6.07) is -1.20. The van der Waals surface area contributed by atoms with Crippen molar-refractivity contribution in [3.63, 3.8) is 0 Å². The number of carboxylic acid groups (broad SMARTS) is 1. The maximum atomic E-state index is 12.0. The van der Waals surface area contributed by atoms with Crippen molar-refractivity contribution >= 4 is 23.6 Å². The predicted octanol–water partition coefficient (Wildman–Crippen LogP) is 3.09. The fraction of sp³-hybridized carbons (Fsp3) is 0.760. The van der Waals surface area contributed by atoms with Crippen LogP contribution in [0.2, 0.25) is 0 Å². The maximum absolute atomic E-state index is 12.0. The number of hydrogen-bond donors (Lipinski definition) is 5. The summed E-state index contributed by atoms with van der Waals surface area (Å²) in [5.41, 5.74) is -2.64. The Balaban J connectivity index is 2.42. The van der Waals surface area contributed by atoms with Crippen molar-refractivity contribution in [3.05, 3.63) is 24.3 Å². The molecule has 0 unspecified atom stereocenters. The molecule has 8 heteroatoms. The van der Waals surface area contributed by atoms with Gasteiger partial charge in [0.15, 0.2) is 0 Å². The first-order valence-electron chi connectivity index (χ1n) is 11.7. The quantitative estimate of drug-likeness (QED) is 0.252. The van der Waals surface area contributed by atoms with Gasteiger partial charge in [0.2, 0.25) is 5.91 Å². The van der Waals surface area contributed by atoms with Gasteiger partial charge < -0.3 is 25.7 Å². The molecule has 188 valence electrons. The van der Waals surface area contributed by atoms with Crippen LogP contribution in [0.3, 0.4) is 0 Å². The number of amides is 1. The van der Waals surface area contributed by atoms with Gasteiger partial charge in [-0.05, 0) is 49.4 Å². The van der Waals surface area contributed by atoms with E-state index < -0.39 is 41.0 Å². The summed E-state index contributed by atoms with van der Waals surface area (Å²) in [5, 5.41) is 46.1. The summed E-state index contributed by atoms with van der Waals surface area (Å²) in [4.78, 5) is 22.9. The second-order valence-corrected chi connectivity index (χ2v) is 11.9. The Bertz CT molecular complexity index is 783. The van der Waals surface area contributed by atoms with Crippen LogP contribution < -0.4 is 5.32 Å². The Hall–Kier alpha value is -1.35. The van der Waals surface area contributed by atoms with Crippen LogP contribution in [0.1, 0.15) is 66.7 Å². The van der Waals surface area contributed by atoms with E-state index in [0.29, 0.717) is 12.8 Å². The van der Waals surface area contributed by atoms with Crippen LogP contribution >= 0.6 is 11.8 Å². The first-order chi connectivity index (χ1) is 15.2. The number of rotatable bonds is 9. The SMILES string of the molecule is C=C/C(C)=C/C[C@@H]1[C@@]2(C)CCCC(C)(C)[C@@H]2C[C@H](O)[C@@]1(O)[C@@H](O)SC[C@H](NC(C)=O)C(=O)O. The molecule has 0 aromatic heterocycles. The van der Waals surface area contributed by atoms with E-state index in [9.17, 15) is 30.0 Å². The van der Waals surface area contributed by atoms with Crippen LogP contribution in [0, 0.1) is 22.7 Å². The van der Waals surface area contributed by atoms with E-state index in [1.165, 1.54) is 6.92 Å². The molecule has 0 aromatic carbocycles. The first-order valence-corrected chi connectivity index (χ1v) is 12.7. The summed E-state index contributed by atoms with van der Waals surface area (Å²) in [7, 11) is 0. The molecule has 1 amide bonds. The van der Waals surface area contributed by atoms with E-state index in [1.54, 1.807) is 6.08 Å². The molecule has 7 atom stereocenters. The van der Waals surface area contributed by atoms with E-state index >= 15 is 0 Å². The lowest BCUT2D eigenvalue weighted by Gasteiger charge is -2.63. The Morgan fingerprint density at radius 3 is 2.42 bits per heavy atom. The summed E-state index contributed by atoms with van der Waals surface area (Å²) >= 11 is 0.855. The molecule has 2 aliphatic carbocycles. The van der Waals surface area contributed by atoms with Crippen LogP contribution in [0.25, 0.3) is 0 Å². The van der Waals surface area contributed by atoms with Gasteiger partial charge in [-0.1, -0.05) is 51.5 Å². The van der Waals surface area contributed by atoms with Gasteiger partial charge in [0.05, 0.1) is 6.10 Å². The fourth-order valence-electron chi connectivity index (χ4n) is 6.27. The third kappa shape index (κ3) is 5.66. The topological polar surface area (TPSA) is 127 Å². The lowest BCUT2D eigenvalue weighted by molar-refractivity contribution is -0.244. The van der Waals surface area contributed by atoms with Gasteiger partial charge >= 0.3 is 5.97 Å². The molecule has 2 rings (SSSR count). The normalized spacial score (nSPS) is 35.8. The fourth-order valence-corrected chi connectivity index (χ4v) is 7.46. The number of carbonyl (C=O) groups is 2. The number of hydrogen-bond acceptors (Lipinski definition) is 6. The molecular formula is C25H41NO6S. The lowest BCUT2D eigenvalue weighted by atomic mass is 9.44. The average molecular weight is 484 g/mol. The smallest absolute Gasteiger partial charge is 0.327 e. The molecular weight excluding hydrogens is 442 g/mol. The third-order valence-corrected chi connectivity index (χ3v) is 9.33. The van der Waals surface area contributed by atoms with Crippen molar-refractivity contribution in [1.82, 2.24) is 5.32 Å². The maximum Gasteiger partial charge on any atom is 0.327 e. The molecule has 0 spiro atoms. The number of carboxylic acids is 1. The molecule has 33 heavy (non-hydrogen) atoms. The van der Waals surface area contributed by atoms with E-state index in [-0.39, 0.29) is 22.5 Å². The second-order valence-electron chi connectivity index (χ2n) is 10.8. The molecule has 0 bridgehead atoms. The summed E-state index contributed by atoms with van der Waals surface area (Å²) in [6.07, 6.45) is 6.30. The highest BCUT2D eigenvalue weighted by atomic mass is 32.2. The number of aliphatic carboxylic acids is 1. The highest BCUT2D eigenvalue weighted by Crippen LogP contribution is 2.64. The minimum Gasteiger partial charge on any atom is -0.480 e. The number of allylic oxidation sites excluding steroid dienone is 3. The largest absolute Gasteiger partial charge is 0.480 e. The summed E-state index contributed by atoms with van der Waals surface area (Å²) in [5.74, 6) is -2.12. The third-order valence-electron chi connectivity index (χ3n) is 8.11. The first kappa shape index (κ1) is 27.9. The van der Waals surface area contributed by atoms with Crippen LogP contribution in [0.5, 0.6) is 0 Å². The van der Waals surface area contributed by atoms with Gasteiger partial charge in [-0.2, -0.15) is 0 Å². The van der Waals surface area contributed by atoms with Gasteiger partial charge in [-0.3, -0.25) is 4.79 Å². The number of nitrogens with one attached hydrogen (secondary N) is 1. The monoisotopic (exact) mass is 483 g/mol. The molecule has 0 aromatic rings. The Morgan fingerprint density at radius 1 is 1.24 bits per heavy atom. The molecule has 7 nitrogen and oxygen atoms in total. The zero-order chi connectivity index (χ0) is 25.2. The van der Waals surface area contributed by atoms with Crippen molar-refractivity contribution in [3.8, 4) is 0 Å². The molecule has 0 radical (unpaired) electrons. The molecule has 2 aliphatic rings. The van der Waals surface area contributed by atoms with Gasteiger partial charge in [0.25, 0.3) is 0 Å². The second kappa shape index (κ2) is 10.5. The summed E-state index contributed by atoms with van der Waals surface area (Å²) < 4.78 is 0. The number of fused-ring (bicyclic) bond motifs is 1. The van der Waals surface area contributed by atoms with E-state index in [4.69, 9.17) is 0 Å². The molecule has 5 N–H and O–H groups in total. The van der Waals surface area contributed by atoms with Crippen molar-refractivity contribution in [2.24, 2.45) is 22.7 Å². The highest BCUT2D eigenvalue weighted by Gasteiger charge is 2.64. The van der Waals surface area contributed by atoms with E-state index in [2.05, 4.69) is 32.7 Å². The van der Waals surface area contributed by atoms with E-state index in [0.717, 1.165) is 36.6 Å². The van der Waals surface area contributed by atoms with Gasteiger partial charge in [0.1, 0.15) is 17.1 Å². The number of aliphatic hydroxyl groups is 3. The van der Waals surface area contributed by atoms with Crippen molar-refractivity contribution < 1.29 is 30.0 Å². The average Bonchev–Trinajstić information content (AvgIpc) is 2.71. The minimum atomic E-state index is -1.83. The Kier molecular flexibility index (Phi) is 8.88.